The minimum Gasteiger partial charge on any atom is -0.486 e. The Bertz CT molecular complexity index is 698. The number of rotatable bonds is 3. The zero-order valence-corrected chi connectivity index (χ0v) is 10.5. The maximum Gasteiger partial charge on any atom is 0.170 e. The number of benzene rings is 2. The lowest BCUT2D eigenvalue weighted by Crippen LogP contribution is -1.93. The van der Waals surface area contributed by atoms with Crippen molar-refractivity contribution in [1.82, 2.24) is 0 Å². The van der Waals surface area contributed by atoms with Crippen molar-refractivity contribution in [2.24, 2.45) is 0 Å². The van der Waals surface area contributed by atoms with Gasteiger partial charge in [-0.1, -0.05) is 29.8 Å². The van der Waals surface area contributed by atoms with Gasteiger partial charge in [-0.25, -0.2) is 4.39 Å². The van der Waals surface area contributed by atoms with E-state index in [1.807, 2.05) is 37.3 Å². The number of aryl methyl sites for hydroxylation is 1. The van der Waals surface area contributed by atoms with Gasteiger partial charge in [0, 0.05) is 5.39 Å². The number of fused-ring (bicyclic) bond motifs is 1. The lowest BCUT2D eigenvalue weighted by molar-refractivity contribution is 0.273. The van der Waals surface area contributed by atoms with Crippen LogP contribution in [-0.4, -0.2) is 0 Å². The van der Waals surface area contributed by atoms with Crippen molar-refractivity contribution >= 4 is 11.0 Å². The van der Waals surface area contributed by atoms with Crippen molar-refractivity contribution in [3.05, 3.63) is 65.7 Å². The van der Waals surface area contributed by atoms with Crippen LogP contribution in [0.3, 0.4) is 0 Å². The topological polar surface area (TPSA) is 22.4 Å². The lowest BCUT2D eigenvalue weighted by atomic mass is 10.2. The molecule has 0 saturated heterocycles. The van der Waals surface area contributed by atoms with Crippen LogP contribution in [0.2, 0.25) is 0 Å². The largest absolute Gasteiger partial charge is 0.486 e. The van der Waals surface area contributed by atoms with E-state index in [9.17, 15) is 4.39 Å². The number of ether oxygens (including phenoxy) is 1. The minimum absolute atomic E-state index is 0.282. The average molecular weight is 256 g/mol. The highest BCUT2D eigenvalue weighted by Crippen LogP contribution is 2.23. The molecule has 0 aliphatic rings. The van der Waals surface area contributed by atoms with Gasteiger partial charge in [0.2, 0.25) is 0 Å². The summed E-state index contributed by atoms with van der Waals surface area (Å²) in [7, 11) is 0. The Morgan fingerprint density at radius 3 is 2.63 bits per heavy atom. The van der Waals surface area contributed by atoms with Gasteiger partial charge in [0.25, 0.3) is 0 Å². The van der Waals surface area contributed by atoms with E-state index >= 15 is 0 Å². The molecule has 0 saturated carbocycles. The maximum atomic E-state index is 13.5. The summed E-state index contributed by atoms with van der Waals surface area (Å²) >= 11 is 0. The van der Waals surface area contributed by atoms with E-state index in [1.54, 1.807) is 12.1 Å². The summed E-state index contributed by atoms with van der Waals surface area (Å²) in [4.78, 5) is 0. The molecule has 0 aliphatic carbocycles. The van der Waals surface area contributed by atoms with Gasteiger partial charge in [-0.15, -0.1) is 0 Å². The summed E-state index contributed by atoms with van der Waals surface area (Å²) in [5.74, 6) is 1.03. The van der Waals surface area contributed by atoms with Gasteiger partial charge in [0.05, 0.1) is 0 Å². The van der Waals surface area contributed by atoms with Crippen LogP contribution < -0.4 is 4.74 Å². The first kappa shape index (κ1) is 11.8. The van der Waals surface area contributed by atoms with Crippen molar-refractivity contribution in [3.8, 4) is 5.75 Å². The normalized spacial score (nSPS) is 10.8. The molecule has 19 heavy (non-hydrogen) atoms. The Morgan fingerprint density at radius 2 is 1.89 bits per heavy atom. The molecule has 0 spiro atoms. The number of para-hydroxylation sites is 1. The SMILES string of the molecule is Cc1ccc(OCc2cc3cccc(F)c3o2)cc1. The van der Waals surface area contributed by atoms with Crippen LogP contribution in [0.15, 0.2) is 52.9 Å². The molecule has 0 bridgehead atoms. The second-order valence-electron chi connectivity index (χ2n) is 4.47. The zero-order chi connectivity index (χ0) is 13.2. The Labute approximate surface area is 110 Å². The first-order chi connectivity index (χ1) is 9.22. The van der Waals surface area contributed by atoms with E-state index in [0.717, 1.165) is 11.1 Å². The summed E-state index contributed by atoms with van der Waals surface area (Å²) < 4.78 is 24.5. The predicted octanol–water partition coefficient (Wildman–Crippen LogP) is 4.46. The van der Waals surface area contributed by atoms with E-state index in [-0.39, 0.29) is 18.0 Å². The molecule has 0 unspecified atom stereocenters. The van der Waals surface area contributed by atoms with Crippen LogP contribution >= 0.6 is 0 Å². The molecule has 96 valence electrons. The van der Waals surface area contributed by atoms with Crippen LogP contribution in [0.25, 0.3) is 11.0 Å². The van der Waals surface area contributed by atoms with E-state index in [4.69, 9.17) is 9.15 Å². The van der Waals surface area contributed by atoms with Gasteiger partial charge >= 0.3 is 0 Å². The molecule has 0 atom stereocenters. The Balaban J connectivity index is 1.78. The van der Waals surface area contributed by atoms with Gasteiger partial charge < -0.3 is 9.15 Å². The second-order valence-corrected chi connectivity index (χ2v) is 4.47. The van der Waals surface area contributed by atoms with Crippen molar-refractivity contribution in [2.45, 2.75) is 13.5 Å². The van der Waals surface area contributed by atoms with Crippen molar-refractivity contribution in [1.29, 1.82) is 0 Å². The van der Waals surface area contributed by atoms with Crippen LogP contribution in [0.5, 0.6) is 5.75 Å². The molecule has 0 N–H and O–H groups in total. The van der Waals surface area contributed by atoms with Gasteiger partial charge in [0.15, 0.2) is 11.4 Å². The van der Waals surface area contributed by atoms with Crippen LogP contribution in [0.4, 0.5) is 4.39 Å². The molecule has 2 aromatic carbocycles. The van der Waals surface area contributed by atoms with E-state index in [2.05, 4.69) is 0 Å². The third-order valence-corrected chi connectivity index (χ3v) is 2.95. The van der Waals surface area contributed by atoms with Crippen molar-refractivity contribution in [3.63, 3.8) is 0 Å². The third-order valence-electron chi connectivity index (χ3n) is 2.95. The monoisotopic (exact) mass is 256 g/mol. The second kappa shape index (κ2) is 4.76. The quantitative estimate of drug-likeness (QED) is 0.690. The van der Waals surface area contributed by atoms with Gasteiger partial charge in [-0.3, -0.25) is 0 Å². The summed E-state index contributed by atoms with van der Waals surface area (Å²) in [6.07, 6.45) is 0. The first-order valence-corrected chi connectivity index (χ1v) is 6.09. The average Bonchev–Trinajstić information content (AvgIpc) is 2.83. The molecule has 0 amide bonds. The van der Waals surface area contributed by atoms with Crippen molar-refractivity contribution in [2.75, 3.05) is 0 Å². The smallest absolute Gasteiger partial charge is 0.170 e. The van der Waals surface area contributed by atoms with Crippen LogP contribution in [0, 0.1) is 12.7 Å². The number of hydrogen-bond acceptors (Lipinski definition) is 2. The molecule has 0 radical (unpaired) electrons. The van der Waals surface area contributed by atoms with Crippen LogP contribution in [0.1, 0.15) is 11.3 Å². The third kappa shape index (κ3) is 2.45. The molecule has 1 heterocycles. The van der Waals surface area contributed by atoms with Gasteiger partial charge in [0.1, 0.15) is 18.1 Å². The Hall–Kier alpha value is -2.29. The molecule has 1 aromatic heterocycles. The highest BCUT2D eigenvalue weighted by atomic mass is 19.1. The van der Waals surface area contributed by atoms with E-state index in [0.29, 0.717) is 5.76 Å². The van der Waals surface area contributed by atoms with E-state index in [1.165, 1.54) is 11.6 Å². The maximum absolute atomic E-state index is 13.5. The fourth-order valence-electron chi connectivity index (χ4n) is 1.94. The molecule has 0 aliphatic heterocycles. The fraction of sp³-hybridized carbons (Fsp3) is 0.125. The highest BCUT2D eigenvalue weighted by molar-refractivity contribution is 5.78. The molecule has 2 nitrogen and oxygen atoms in total. The lowest BCUT2D eigenvalue weighted by Gasteiger charge is -2.03. The molecule has 3 heteroatoms. The molecular formula is C16H13FO2. The summed E-state index contributed by atoms with van der Waals surface area (Å²) in [5, 5.41) is 0.752. The summed E-state index contributed by atoms with van der Waals surface area (Å²) in [6.45, 7) is 2.31. The highest BCUT2D eigenvalue weighted by Gasteiger charge is 2.08. The Kier molecular flexibility index (Phi) is 2.95. The molecule has 3 aromatic rings. The van der Waals surface area contributed by atoms with Crippen molar-refractivity contribution < 1.29 is 13.5 Å². The predicted molar refractivity (Wildman–Crippen MR) is 71.7 cm³/mol. The number of halogens is 1. The zero-order valence-electron chi connectivity index (χ0n) is 10.5. The summed E-state index contributed by atoms with van der Waals surface area (Å²) in [5.41, 5.74) is 1.46. The molecule has 0 fully saturated rings. The first-order valence-electron chi connectivity index (χ1n) is 6.09. The minimum atomic E-state index is -0.348. The molecule has 3 rings (SSSR count). The summed E-state index contributed by atoms with van der Waals surface area (Å²) in [6, 6.07) is 14.4. The van der Waals surface area contributed by atoms with Gasteiger partial charge in [-0.05, 0) is 31.2 Å². The van der Waals surface area contributed by atoms with Crippen LogP contribution in [-0.2, 0) is 6.61 Å². The number of furan rings is 1. The standard InChI is InChI=1S/C16H13FO2/c1-11-5-7-13(8-6-11)18-10-14-9-12-3-2-4-15(17)16(12)19-14/h2-9H,10H2,1H3. The fourth-order valence-corrected chi connectivity index (χ4v) is 1.94. The van der Waals surface area contributed by atoms with Gasteiger partial charge in [-0.2, -0.15) is 0 Å². The Morgan fingerprint density at radius 1 is 1.11 bits per heavy atom. The number of hydrogen-bond donors (Lipinski definition) is 0. The van der Waals surface area contributed by atoms with E-state index < -0.39 is 0 Å². The molecular weight excluding hydrogens is 243 g/mol.